The summed E-state index contributed by atoms with van der Waals surface area (Å²) in [6.45, 7) is 1.91. The second-order valence-electron chi connectivity index (χ2n) is 5.53. The Morgan fingerprint density at radius 2 is 1.88 bits per heavy atom. The van der Waals surface area contributed by atoms with Gasteiger partial charge in [-0.25, -0.2) is 4.98 Å². The van der Waals surface area contributed by atoms with Crippen molar-refractivity contribution < 1.29 is 4.21 Å². The van der Waals surface area contributed by atoms with Crippen molar-refractivity contribution in [2.75, 3.05) is 5.75 Å². The number of hydrogen-bond acceptors (Lipinski definition) is 3. The van der Waals surface area contributed by atoms with Crippen LogP contribution in [0.2, 0.25) is 5.02 Å². The van der Waals surface area contributed by atoms with E-state index >= 15 is 0 Å². The molecule has 1 atom stereocenters. The van der Waals surface area contributed by atoms with Crippen molar-refractivity contribution in [3.8, 4) is 11.4 Å². The predicted molar refractivity (Wildman–Crippen MR) is 99.8 cm³/mol. The molecule has 0 aliphatic rings. The van der Waals surface area contributed by atoms with Crippen molar-refractivity contribution in [2.24, 2.45) is 7.05 Å². The van der Waals surface area contributed by atoms with Gasteiger partial charge >= 0.3 is 0 Å². The summed E-state index contributed by atoms with van der Waals surface area (Å²) in [5, 5.41) is 1.09. The van der Waals surface area contributed by atoms with Crippen LogP contribution >= 0.6 is 11.6 Å². The molecule has 3 rings (SSSR count). The molecule has 0 N–H and O–H groups in total. The highest BCUT2D eigenvalue weighted by Crippen LogP contribution is 2.21. The van der Waals surface area contributed by atoms with Crippen LogP contribution in [0, 0.1) is 0 Å². The van der Waals surface area contributed by atoms with Crippen LogP contribution in [-0.4, -0.2) is 19.5 Å². The van der Waals surface area contributed by atoms with E-state index in [0.29, 0.717) is 33.3 Å². The fraction of sp³-hybridized carbons (Fsp3) is 0.222. The average molecular weight is 361 g/mol. The van der Waals surface area contributed by atoms with Gasteiger partial charge in [0, 0.05) is 39.9 Å². The molecule has 0 fully saturated rings. The third-order valence-corrected chi connectivity index (χ3v) is 5.44. The molecule has 0 spiro atoms. The zero-order chi connectivity index (χ0) is 17.3. The molecule has 24 heavy (non-hydrogen) atoms. The van der Waals surface area contributed by atoms with Gasteiger partial charge in [-0.15, -0.1) is 0 Å². The first-order chi connectivity index (χ1) is 11.5. The number of rotatable bonds is 4. The number of aromatic nitrogens is 2. The Hall–Kier alpha value is -1.98. The van der Waals surface area contributed by atoms with Crippen LogP contribution in [0.4, 0.5) is 0 Å². The molecule has 0 bridgehead atoms. The minimum absolute atomic E-state index is 0.108. The number of nitrogens with zero attached hydrogens (tertiary/aromatic N) is 2. The molecule has 2 aromatic carbocycles. The lowest BCUT2D eigenvalue weighted by atomic mass is 10.1. The van der Waals surface area contributed by atoms with Crippen molar-refractivity contribution in [3.05, 3.63) is 63.4 Å². The Labute approximate surface area is 147 Å². The summed E-state index contributed by atoms with van der Waals surface area (Å²) in [7, 11) is 0.863. The Morgan fingerprint density at radius 3 is 2.54 bits per heavy atom. The molecule has 0 aliphatic carbocycles. The standard InChI is InChI=1S/C18H17ClN2O2S/c1-3-24(23)11-12-4-6-13(7-5-12)17-20-16-10-14(19)8-9-15(16)18(22)21(17)2/h4-10H,3,11H2,1-2H3. The Morgan fingerprint density at radius 1 is 1.17 bits per heavy atom. The van der Waals surface area contributed by atoms with E-state index in [9.17, 15) is 9.00 Å². The normalized spacial score (nSPS) is 12.5. The average Bonchev–Trinajstić information content (AvgIpc) is 2.58. The van der Waals surface area contributed by atoms with Gasteiger partial charge in [0.1, 0.15) is 5.82 Å². The van der Waals surface area contributed by atoms with Gasteiger partial charge in [0.2, 0.25) is 0 Å². The van der Waals surface area contributed by atoms with Gasteiger partial charge in [-0.3, -0.25) is 13.6 Å². The molecule has 3 aromatic rings. The summed E-state index contributed by atoms with van der Waals surface area (Å²) in [5.41, 5.74) is 2.31. The smallest absolute Gasteiger partial charge is 0.261 e. The van der Waals surface area contributed by atoms with E-state index in [2.05, 4.69) is 4.98 Å². The van der Waals surface area contributed by atoms with Crippen LogP contribution in [0.1, 0.15) is 12.5 Å². The van der Waals surface area contributed by atoms with E-state index in [0.717, 1.165) is 11.1 Å². The molecule has 1 heterocycles. The zero-order valence-electron chi connectivity index (χ0n) is 13.5. The van der Waals surface area contributed by atoms with E-state index in [1.807, 2.05) is 31.2 Å². The number of halogens is 1. The molecular formula is C18H17ClN2O2S. The van der Waals surface area contributed by atoms with Gasteiger partial charge in [0.25, 0.3) is 5.56 Å². The van der Waals surface area contributed by atoms with Crippen molar-refractivity contribution in [1.82, 2.24) is 9.55 Å². The topological polar surface area (TPSA) is 52.0 Å². The minimum Gasteiger partial charge on any atom is -0.295 e. The number of fused-ring (bicyclic) bond motifs is 1. The maximum atomic E-state index is 12.5. The zero-order valence-corrected chi connectivity index (χ0v) is 15.0. The monoisotopic (exact) mass is 360 g/mol. The van der Waals surface area contributed by atoms with E-state index in [1.54, 1.807) is 25.2 Å². The van der Waals surface area contributed by atoms with Crippen molar-refractivity contribution >= 4 is 33.3 Å². The number of benzene rings is 2. The second kappa shape index (κ2) is 6.87. The van der Waals surface area contributed by atoms with Crippen LogP contribution in [-0.2, 0) is 23.6 Å². The Kier molecular flexibility index (Phi) is 4.83. The molecule has 6 heteroatoms. The quantitative estimate of drug-likeness (QED) is 0.715. The van der Waals surface area contributed by atoms with E-state index < -0.39 is 10.8 Å². The van der Waals surface area contributed by atoms with Gasteiger partial charge in [0.05, 0.1) is 10.9 Å². The van der Waals surface area contributed by atoms with Crippen molar-refractivity contribution in [2.45, 2.75) is 12.7 Å². The van der Waals surface area contributed by atoms with Crippen LogP contribution < -0.4 is 5.56 Å². The van der Waals surface area contributed by atoms with Gasteiger partial charge in [0.15, 0.2) is 0 Å². The fourth-order valence-electron chi connectivity index (χ4n) is 2.54. The summed E-state index contributed by atoms with van der Waals surface area (Å²) >= 11 is 6.01. The molecule has 1 aromatic heterocycles. The highest BCUT2D eigenvalue weighted by molar-refractivity contribution is 7.84. The summed E-state index contributed by atoms with van der Waals surface area (Å²) in [4.78, 5) is 17.1. The summed E-state index contributed by atoms with van der Waals surface area (Å²) < 4.78 is 13.2. The molecule has 4 nitrogen and oxygen atoms in total. The van der Waals surface area contributed by atoms with Crippen molar-refractivity contribution in [3.63, 3.8) is 0 Å². The minimum atomic E-state index is -0.844. The SMILES string of the molecule is CCS(=O)Cc1ccc(-c2nc3cc(Cl)ccc3c(=O)n2C)cc1. The molecular weight excluding hydrogens is 344 g/mol. The highest BCUT2D eigenvalue weighted by atomic mass is 35.5. The lowest BCUT2D eigenvalue weighted by molar-refractivity contribution is 0.683. The fourth-order valence-corrected chi connectivity index (χ4v) is 3.47. The molecule has 124 valence electrons. The van der Waals surface area contributed by atoms with E-state index in [-0.39, 0.29) is 5.56 Å². The maximum Gasteiger partial charge on any atom is 0.261 e. The summed E-state index contributed by atoms with van der Waals surface area (Å²) in [6.07, 6.45) is 0. The van der Waals surface area contributed by atoms with Crippen LogP contribution in [0.25, 0.3) is 22.3 Å². The molecule has 0 saturated carbocycles. The van der Waals surface area contributed by atoms with Crippen LogP contribution in [0.15, 0.2) is 47.3 Å². The lowest BCUT2D eigenvalue weighted by Gasteiger charge is -2.10. The molecule has 0 amide bonds. The Balaban J connectivity index is 2.07. The van der Waals surface area contributed by atoms with Crippen LogP contribution in [0.5, 0.6) is 0 Å². The first-order valence-corrected chi connectivity index (χ1v) is 9.46. The maximum absolute atomic E-state index is 12.5. The van der Waals surface area contributed by atoms with Gasteiger partial charge < -0.3 is 0 Å². The Bertz CT molecular complexity index is 981. The predicted octanol–water partition coefficient (Wildman–Crippen LogP) is 3.52. The summed E-state index contributed by atoms with van der Waals surface area (Å²) in [5.74, 6) is 1.76. The van der Waals surface area contributed by atoms with Crippen molar-refractivity contribution in [1.29, 1.82) is 0 Å². The molecule has 1 unspecified atom stereocenters. The first-order valence-electron chi connectivity index (χ1n) is 7.60. The number of hydrogen-bond donors (Lipinski definition) is 0. The highest BCUT2D eigenvalue weighted by Gasteiger charge is 2.11. The van der Waals surface area contributed by atoms with Crippen LogP contribution in [0.3, 0.4) is 0 Å². The third kappa shape index (κ3) is 3.28. The largest absolute Gasteiger partial charge is 0.295 e. The third-order valence-electron chi connectivity index (χ3n) is 3.90. The lowest BCUT2D eigenvalue weighted by Crippen LogP contribution is -2.20. The molecule has 0 saturated heterocycles. The van der Waals surface area contributed by atoms with E-state index in [4.69, 9.17) is 11.6 Å². The first kappa shape index (κ1) is 16.9. The van der Waals surface area contributed by atoms with Gasteiger partial charge in [-0.1, -0.05) is 42.8 Å². The van der Waals surface area contributed by atoms with Gasteiger partial charge in [-0.05, 0) is 23.8 Å². The molecule has 0 radical (unpaired) electrons. The second-order valence-corrected chi connectivity index (χ2v) is 7.71. The van der Waals surface area contributed by atoms with E-state index in [1.165, 1.54) is 4.57 Å². The summed E-state index contributed by atoms with van der Waals surface area (Å²) in [6, 6.07) is 12.7. The van der Waals surface area contributed by atoms with Gasteiger partial charge in [-0.2, -0.15) is 0 Å². The molecule has 0 aliphatic heterocycles.